The summed E-state index contributed by atoms with van der Waals surface area (Å²) in [4.78, 5) is 19.6. The Labute approximate surface area is 495 Å². The molecule has 0 saturated heterocycles. The minimum atomic E-state index is -0.451. The third-order valence-electron chi connectivity index (χ3n) is 18.3. The van der Waals surface area contributed by atoms with Crippen LogP contribution in [0.15, 0.2) is 261 Å². The van der Waals surface area contributed by atoms with E-state index in [1.165, 1.54) is 71.1 Å². The molecule has 0 radical (unpaired) electrons. The normalized spacial score (nSPS) is 13.6. The van der Waals surface area contributed by atoms with Gasteiger partial charge in [-0.3, -0.25) is 4.90 Å². The van der Waals surface area contributed by atoms with Gasteiger partial charge in [-0.05, 0) is 206 Å². The first-order valence-corrected chi connectivity index (χ1v) is 29.3. The van der Waals surface area contributed by atoms with E-state index in [2.05, 4.69) is 293 Å². The van der Waals surface area contributed by atoms with E-state index in [1.54, 1.807) is 7.11 Å². The molecule has 14 aromatic rings. The molecular weight excluding hydrogens is 1030 g/mol. The van der Waals surface area contributed by atoms with Crippen molar-refractivity contribution < 1.29 is 4.74 Å². The smallest absolute Gasteiger partial charge is 0.238 e. The van der Waals surface area contributed by atoms with Crippen LogP contribution >= 0.6 is 0 Å². The highest BCUT2D eigenvalue weighted by Crippen LogP contribution is 2.59. The van der Waals surface area contributed by atoms with Crippen LogP contribution in [-0.2, 0) is 10.8 Å². The van der Waals surface area contributed by atoms with Crippen LogP contribution in [0.25, 0.3) is 122 Å². The Morgan fingerprint density at radius 3 is 1.20 bits per heavy atom. The number of methoxy groups -OCH3 is 1. The van der Waals surface area contributed by atoms with Crippen molar-refractivity contribution in [3.63, 3.8) is 0 Å². The second-order valence-electron chi connectivity index (χ2n) is 24.0. The first kappa shape index (κ1) is 50.3. The molecule has 0 fully saturated rings. The van der Waals surface area contributed by atoms with Crippen molar-refractivity contribution >= 4 is 60.4 Å². The first-order chi connectivity index (χ1) is 41.5. The van der Waals surface area contributed by atoms with Crippen molar-refractivity contribution in [2.45, 2.75) is 38.5 Å². The minimum absolute atomic E-state index is 0.384. The van der Waals surface area contributed by atoms with Gasteiger partial charge in [0.2, 0.25) is 5.95 Å². The first-order valence-electron chi connectivity index (χ1n) is 29.3. The Morgan fingerprint density at radius 2 is 0.682 bits per heavy atom. The summed E-state index contributed by atoms with van der Waals surface area (Å²) >= 11 is 0. The van der Waals surface area contributed by atoms with Crippen molar-refractivity contribution in [3.05, 3.63) is 283 Å². The predicted octanol–water partition coefficient (Wildman–Crippen LogP) is 20.9. The lowest BCUT2D eigenvalue weighted by Crippen LogP contribution is -2.32. The van der Waals surface area contributed by atoms with Gasteiger partial charge in [-0.2, -0.15) is 9.97 Å². The molecule has 85 heavy (non-hydrogen) atoms. The van der Waals surface area contributed by atoms with Crippen molar-refractivity contribution in [1.82, 2.24) is 15.0 Å². The Morgan fingerprint density at radius 1 is 0.294 bits per heavy atom. The Hall–Kier alpha value is -10.5. The van der Waals surface area contributed by atoms with Gasteiger partial charge in [0.1, 0.15) is 5.75 Å². The summed E-state index contributed by atoms with van der Waals surface area (Å²) < 4.78 is 5.81. The molecule has 1 aliphatic heterocycles. The number of ether oxygens (including phenoxy) is 1. The molecule has 2 heterocycles. The summed E-state index contributed by atoms with van der Waals surface area (Å²) in [5, 5.41) is 9.67. The number of nitrogens with zero attached hydrogens (tertiary/aromatic N) is 4. The summed E-state index contributed by atoms with van der Waals surface area (Å²) in [5.74, 6) is 2.55. The van der Waals surface area contributed by atoms with Crippen molar-refractivity contribution in [2.24, 2.45) is 0 Å². The quantitative estimate of drug-likeness (QED) is 0.142. The molecule has 16 rings (SSSR count). The van der Waals surface area contributed by atoms with Crippen LogP contribution in [0, 0.1) is 0 Å². The summed E-state index contributed by atoms with van der Waals surface area (Å²) in [6.45, 7) is 9.58. The summed E-state index contributed by atoms with van der Waals surface area (Å²) in [5.41, 5.74) is 19.3. The molecule has 404 valence electrons. The SMILES string of the molecule is COc1ccc2c(c1)c1ccccc1c1cc3c(cc21)C(C)(C)c1cc2c(cc1-3)C(C)(C)c1cc3ccccc3cc1N2c1nc(-c2cc(-c3ccccc3)cc(-c3ccccc3)c2)nc(-c2cc(-c3ccccc3)cc(-c3ccccc3)c2)n1. The van der Waals surface area contributed by atoms with E-state index in [1.807, 2.05) is 0 Å². The molecule has 0 bridgehead atoms. The zero-order valence-electron chi connectivity index (χ0n) is 48.0. The third kappa shape index (κ3) is 8.17. The fourth-order valence-electron chi connectivity index (χ4n) is 13.8. The second kappa shape index (κ2) is 19.3. The molecule has 1 aromatic heterocycles. The highest BCUT2D eigenvalue weighted by Gasteiger charge is 2.44. The lowest BCUT2D eigenvalue weighted by Gasteiger charge is -2.42. The van der Waals surface area contributed by atoms with Crippen molar-refractivity contribution in [3.8, 4) is 84.2 Å². The van der Waals surface area contributed by atoms with Crippen LogP contribution in [0.3, 0.4) is 0 Å². The number of hydrogen-bond donors (Lipinski definition) is 0. The molecule has 5 nitrogen and oxygen atoms in total. The van der Waals surface area contributed by atoms with Gasteiger partial charge in [-0.15, -0.1) is 0 Å². The zero-order valence-corrected chi connectivity index (χ0v) is 48.0. The van der Waals surface area contributed by atoms with Crippen LogP contribution in [0.5, 0.6) is 5.75 Å². The zero-order chi connectivity index (χ0) is 57.1. The Kier molecular flexibility index (Phi) is 11.4. The number of benzene rings is 13. The van der Waals surface area contributed by atoms with Gasteiger partial charge in [0.15, 0.2) is 11.6 Å². The molecule has 0 atom stereocenters. The lowest BCUT2D eigenvalue weighted by molar-refractivity contribution is 0.415. The van der Waals surface area contributed by atoms with Crippen LogP contribution in [0.1, 0.15) is 49.9 Å². The van der Waals surface area contributed by atoms with E-state index in [0.29, 0.717) is 17.6 Å². The van der Waals surface area contributed by atoms with Gasteiger partial charge in [0, 0.05) is 22.0 Å². The van der Waals surface area contributed by atoms with Crippen LogP contribution in [0.2, 0.25) is 0 Å². The minimum Gasteiger partial charge on any atom is -0.497 e. The molecule has 0 spiro atoms. The molecule has 0 amide bonds. The van der Waals surface area contributed by atoms with Gasteiger partial charge in [0.25, 0.3) is 0 Å². The average Bonchev–Trinajstić information content (AvgIpc) is 2.08. The fourth-order valence-corrected chi connectivity index (χ4v) is 13.8. The lowest BCUT2D eigenvalue weighted by atomic mass is 9.71. The summed E-state index contributed by atoms with van der Waals surface area (Å²) in [6.07, 6.45) is 0. The topological polar surface area (TPSA) is 51.1 Å². The van der Waals surface area contributed by atoms with Gasteiger partial charge < -0.3 is 4.74 Å². The molecule has 1 aliphatic carbocycles. The number of hydrogen-bond acceptors (Lipinski definition) is 5. The van der Waals surface area contributed by atoms with Gasteiger partial charge in [-0.1, -0.05) is 204 Å². The molecule has 0 saturated carbocycles. The highest BCUT2D eigenvalue weighted by atomic mass is 16.5. The predicted molar refractivity (Wildman–Crippen MR) is 353 cm³/mol. The Balaban J connectivity index is 0.981. The van der Waals surface area contributed by atoms with Crippen molar-refractivity contribution in [1.29, 1.82) is 0 Å². The number of rotatable bonds is 8. The van der Waals surface area contributed by atoms with Crippen LogP contribution in [0.4, 0.5) is 17.3 Å². The highest BCUT2D eigenvalue weighted by molar-refractivity contribution is 6.26. The van der Waals surface area contributed by atoms with E-state index in [9.17, 15) is 0 Å². The average molecular weight is 1090 g/mol. The molecule has 0 unspecified atom stereocenters. The third-order valence-corrected chi connectivity index (χ3v) is 18.3. The Bertz CT molecular complexity index is 4770. The van der Waals surface area contributed by atoms with E-state index >= 15 is 0 Å². The number of aromatic nitrogens is 3. The maximum Gasteiger partial charge on any atom is 0.238 e. The summed E-state index contributed by atoms with van der Waals surface area (Å²) in [7, 11) is 1.75. The fraction of sp³-hybridized carbons (Fsp3) is 0.0875. The number of anilines is 3. The molecule has 0 N–H and O–H groups in total. The maximum atomic E-state index is 5.81. The van der Waals surface area contributed by atoms with Crippen LogP contribution in [-0.4, -0.2) is 22.1 Å². The monoisotopic (exact) mass is 1090 g/mol. The van der Waals surface area contributed by atoms with E-state index < -0.39 is 5.41 Å². The second-order valence-corrected chi connectivity index (χ2v) is 24.0. The number of fused-ring (bicyclic) bond motifs is 12. The molecule has 13 aromatic carbocycles. The molecule has 5 heteroatoms. The van der Waals surface area contributed by atoms with E-state index in [4.69, 9.17) is 19.7 Å². The van der Waals surface area contributed by atoms with Crippen molar-refractivity contribution in [2.75, 3.05) is 12.0 Å². The van der Waals surface area contributed by atoms with Gasteiger partial charge >= 0.3 is 0 Å². The molecular formula is C80H58N4O. The molecule has 2 aliphatic rings. The van der Waals surface area contributed by atoms with Crippen LogP contribution < -0.4 is 9.64 Å². The maximum absolute atomic E-state index is 5.81. The van der Waals surface area contributed by atoms with E-state index in [-0.39, 0.29) is 5.41 Å². The standard InChI is InChI=1S/C80H58N4O/c1-79(2)70-46-67-64-35-34-61(85-5)44-65(64)62-32-20-21-33-63(62)66(67)45-68(70)69-47-73-75(48-71(69)79)84(74-43-54-31-19-18-30-53(54)42-72(74)80(73,3)4)78-82-76(59-38-55(49-22-10-6-11-23-49)36-56(39-59)50-24-12-7-13-25-50)81-77(83-78)60-40-57(51-26-14-8-15-27-51)37-58(41-60)52-28-16-9-17-29-52/h6-48H,1-5H3. The van der Waals surface area contributed by atoms with Gasteiger partial charge in [0.05, 0.1) is 18.5 Å². The van der Waals surface area contributed by atoms with Gasteiger partial charge in [-0.25, -0.2) is 4.98 Å². The van der Waals surface area contributed by atoms with E-state index in [0.717, 1.165) is 78.1 Å². The summed E-state index contributed by atoms with van der Waals surface area (Å²) in [6, 6.07) is 94.8. The largest absolute Gasteiger partial charge is 0.497 e.